The number of carbonyl (C=O) groups excluding carboxylic acids is 2. The zero-order valence-corrected chi connectivity index (χ0v) is 16.8. The van der Waals surface area contributed by atoms with Crippen LogP contribution in [-0.4, -0.2) is 48.2 Å². The lowest BCUT2D eigenvalue weighted by atomic mass is 9.43. The van der Waals surface area contributed by atoms with Crippen molar-refractivity contribution in [3.8, 4) is 5.75 Å². The number of halogens is 2. The normalized spacial score (nSPS) is 33.1. The molecule has 6 nitrogen and oxygen atoms in total. The summed E-state index contributed by atoms with van der Waals surface area (Å²) in [4.78, 5) is 26.4. The molecule has 8 heteroatoms. The van der Waals surface area contributed by atoms with Crippen molar-refractivity contribution in [3.63, 3.8) is 0 Å². The van der Waals surface area contributed by atoms with Gasteiger partial charge in [0, 0.05) is 23.6 Å². The number of nitrogens with one attached hydrogen (secondary N) is 1. The molecule has 4 fully saturated rings. The van der Waals surface area contributed by atoms with Crippen LogP contribution in [0.1, 0.15) is 38.5 Å². The zero-order valence-electron chi connectivity index (χ0n) is 16.0. The molecule has 4 aliphatic rings. The van der Waals surface area contributed by atoms with Crippen LogP contribution in [0.2, 0.25) is 5.02 Å². The maximum Gasteiger partial charge on any atom is 0.410 e. The molecule has 3 unspecified atom stereocenters. The topological polar surface area (TPSA) is 67.9 Å². The van der Waals surface area contributed by atoms with Crippen LogP contribution in [0.25, 0.3) is 0 Å². The number of carbonyl (C=O) groups is 2. The van der Waals surface area contributed by atoms with E-state index in [0.717, 1.165) is 38.2 Å². The number of nitrogens with zero attached hydrogens (tertiary/aromatic N) is 1. The highest BCUT2D eigenvalue weighted by molar-refractivity contribution is 6.30. The van der Waals surface area contributed by atoms with Crippen molar-refractivity contribution < 1.29 is 23.5 Å². The SMILES string of the molecule is O=C(COc1ccc(Cl)c(F)c1)NC1CC2([C@H]3CN(C4CCC4)C(=O)O3)CCC12. The summed E-state index contributed by atoms with van der Waals surface area (Å²) in [6.45, 7) is 0.511. The molecular weight excluding hydrogens is 399 g/mol. The number of benzene rings is 1. The fraction of sp³-hybridized carbons (Fsp3) is 0.619. The largest absolute Gasteiger partial charge is 0.484 e. The summed E-state index contributed by atoms with van der Waals surface area (Å²) >= 11 is 5.64. The Labute approximate surface area is 173 Å². The highest BCUT2D eigenvalue weighted by atomic mass is 35.5. The third kappa shape index (κ3) is 3.14. The lowest BCUT2D eigenvalue weighted by Crippen LogP contribution is -2.69. The third-order valence-corrected chi connectivity index (χ3v) is 7.66. The number of amides is 2. The molecule has 0 bridgehead atoms. The number of rotatable bonds is 6. The van der Waals surface area contributed by atoms with E-state index in [1.807, 2.05) is 4.90 Å². The van der Waals surface area contributed by atoms with E-state index >= 15 is 0 Å². The molecule has 3 aliphatic carbocycles. The summed E-state index contributed by atoms with van der Waals surface area (Å²) in [6, 6.07) is 4.53. The predicted molar refractivity (Wildman–Crippen MR) is 103 cm³/mol. The molecular formula is C21H24ClFN2O4. The van der Waals surface area contributed by atoms with E-state index in [-0.39, 0.29) is 46.9 Å². The molecule has 0 radical (unpaired) electrons. The van der Waals surface area contributed by atoms with Gasteiger partial charge in [-0.3, -0.25) is 4.79 Å². The molecule has 1 aliphatic heterocycles. The summed E-state index contributed by atoms with van der Waals surface area (Å²) in [5.74, 6) is -0.198. The molecule has 4 atom stereocenters. The van der Waals surface area contributed by atoms with Gasteiger partial charge in [-0.2, -0.15) is 0 Å². The van der Waals surface area contributed by atoms with E-state index in [2.05, 4.69) is 5.32 Å². The number of hydrogen-bond acceptors (Lipinski definition) is 4. The van der Waals surface area contributed by atoms with Gasteiger partial charge in [-0.1, -0.05) is 11.6 Å². The minimum atomic E-state index is -0.579. The second kappa shape index (κ2) is 7.04. The van der Waals surface area contributed by atoms with E-state index in [0.29, 0.717) is 18.5 Å². The molecule has 156 valence electrons. The van der Waals surface area contributed by atoms with Crippen molar-refractivity contribution in [2.24, 2.45) is 11.3 Å². The number of cyclic esters (lactones) is 1. The van der Waals surface area contributed by atoms with Crippen molar-refractivity contribution >= 4 is 23.6 Å². The standard InChI is InChI=1S/C21H24ClFN2O4/c22-15-5-4-13(8-16(15)23)28-11-19(26)24-17-9-21(7-6-14(17)21)18-10-25(20(27)29-18)12-2-1-3-12/h4-5,8,12,14,17-18H,1-3,6-7,9-11H2,(H,24,26)/t14?,17?,18-,21?/m1/s1. The van der Waals surface area contributed by atoms with Gasteiger partial charge in [0.2, 0.25) is 0 Å². The molecule has 5 rings (SSSR count). The Bertz CT molecular complexity index is 848. The first-order chi connectivity index (χ1) is 14.0. The van der Waals surface area contributed by atoms with Gasteiger partial charge in [0.1, 0.15) is 17.7 Å². The predicted octanol–water partition coefficient (Wildman–Crippen LogP) is 3.52. The van der Waals surface area contributed by atoms with Crippen LogP contribution in [0.15, 0.2) is 18.2 Å². The smallest absolute Gasteiger partial charge is 0.410 e. The summed E-state index contributed by atoms with van der Waals surface area (Å²) in [5, 5.41) is 3.04. The lowest BCUT2D eigenvalue weighted by Gasteiger charge is -2.64. The zero-order chi connectivity index (χ0) is 20.2. The van der Waals surface area contributed by atoms with E-state index in [4.69, 9.17) is 21.1 Å². The summed E-state index contributed by atoms with van der Waals surface area (Å²) < 4.78 is 24.6. The fourth-order valence-electron chi connectivity index (χ4n) is 5.35. The van der Waals surface area contributed by atoms with Gasteiger partial charge >= 0.3 is 6.09 Å². The Morgan fingerprint density at radius 3 is 2.83 bits per heavy atom. The van der Waals surface area contributed by atoms with Gasteiger partial charge < -0.3 is 19.7 Å². The Balaban J connectivity index is 1.12. The Morgan fingerprint density at radius 2 is 2.21 bits per heavy atom. The van der Waals surface area contributed by atoms with Crippen LogP contribution in [0, 0.1) is 17.2 Å². The summed E-state index contributed by atoms with van der Waals surface area (Å²) in [7, 11) is 0. The average Bonchev–Trinajstić information content (AvgIpc) is 2.99. The lowest BCUT2D eigenvalue weighted by molar-refractivity contribution is -0.173. The third-order valence-electron chi connectivity index (χ3n) is 7.35. The minimum absolute atomic E-state index is 0.0149. The Hall–Kier alpha value is -2.02. The molecule has 1 aromatic rings. The minimum Gasteiger partial charge on any atom is -0.484 e. The fourth-order valence-corrected chi connectivity index (χ4v) is 5.47. The molecule has 1 saturated heterocycles. The maximum absolute atomic E-state index is 13.4. The first-order valence-electron chi connectivity index (χ1n) is 10.3. The van der Waals surface area contributed by atoms with E-state index in [1.165, 1.54) is 18.6 Å². The number of hydrogen-bond donors (Lipinski definition) is 1. The molecule has 1 N–H and O–H groups in total. The van der Waals surface area contributed by atoms with Gasteiger partial charge in [0.15, 0.2) is 6.61 Å². The second-order valence-electron chi connectivity index (χ2n) is 8.73. The molecule has 0 aromatic heterocycles. The molecule has 3 saturated carbocycles. The first kappa shape index (κ1) is 19.0. The van der Waals surface area contributed by atoms with Crippen molar-refractivity contribution in [1.29, 1.82) is 0 Å². The van der Waals surface area contributed by atoms with Crippen LogP contribution in [0.4, 0.5) is 9.18 Å². The number of ether oxygens (including phenoxy) is 2. The van der Waals surface area contributed by atoms with Gasteiger partial charge in [-0.25, -0.2) is 9.18 Å². The van der Waals surface area contributed by atoms with Crippen LogP contribution in [0.5, 0.6) is 5.75 Å². The van der Waals surface area contributed by atoms with Crippen LogP contribution >= 0.6 is 11.6 Å². The van der Waals surface area contributed by atoms with Crippen molar-refractivity contribution in [1.82, 2.24) is 10.2 Å². The quantitative estimate of drug-likeness (QED) is 0.761. The molecule has 1 aromatic carbocycles. The van der Waals surface area contributed by atoms with Crippen LogP contribution < -0.4 is 10.1 Å². The average molecular weight is 423 g/mol. The first-order valence-corrected chi connectivity index (χ1v) is 10.7. The van der Waals surface area contributed by atoms with Gasteiger partial charge in [0.25, 0.3) is 5.91 Å². The maximum atomic E-state index is 13.4. The van der Waals surface area contributed by atoms with Gasteiger partial charge in [-0.15, -0.1) is 0 Å². The molecule has 29 heavy (non-hydrogen) atoms. The summed E-state index contributed by atoms with van der Waals surface area (Å²) in [6.07, 6.45) is 6.02. The highest BCUT2D eigenvalue weighted by Crippen LogP contribution is 2.64. The molecule has 0 spiro atoms. The molecule has 2 amide bonds. The Kier molecular flexibility index (Phi) is 4.61. The van der Waals surface area contributed by atoms with Crippen molar-refractivity contribution in [3.05, 3.63) is 29.0 Å². The van der Waals surface area contributed by atoms with E-state index in [9.17, 15) is 14.0 Å². The van der Waals surface area contributed by atoms with Crippen molar-refractivity contribution in [2.75, 3.05) is 13.2 Å². The van der Waals surface area contributed by atoms with Gasteiger partial charge in [-0.05, 0) is 56.6 Å². The monoisotopic (exact) mass is 422 g/mol. The highest BCUT2D eigenvalue weighted by Gasteiger charge is 2.66. The second-order valence-corrected chi connectivity index (χ2v) is 9.14. The summed E-state index contributed by atoms with van der Waals surface area (Å²) in [5.41, 5.74) is 0.0201. The van der Waals surface area contributed by atoms with E-state index < -0.39 is 5.82 Å². The molecule has 1 heterocycles. The van der Waals surface area contributed by atoms with Crippen LogP contribution in [-0.2, 0) is 9.53 Å². The Morgan fingerprint density at radius 1 is 1.38 bits per heavy atom. The van der Waals surface area contributed by atoms with Crippen LogP contribution in [0.3, 0.4) is 0 Å². The van der Waals surface area contributed by atoms with E-state index in [1.54, 1.807) is 0 Å². The van der Waals surface area contributed by atoms with Crippen molar-refractivity contribution in [2.45, 2.75) is 56.7 Å². The van der Waals surface area contributed by atoms with Gasteiger partial charge in [0.05, 0.1) is 11.6 Å². The number of fused-ring (bicyclic) bond motifs is 1.